The van der Waals surface area contributed by atoms with E-state index >= 15 is 0 Å². The van der Waals surface area contributed by atoms with Gasteiger partial charge in [-0.3, -0.25) is 4.79 Å². The summed E-state index contributed by atoms with van der Waals surface area (Å²) in [7, 11) is 1.32. The number of allylic oxidation sites excluding steroid dienone is 2. The van der Waals surface area contributed by atoms with Crippen LogP contribution in [-0.2, 0) is 4.74 Å². The Morgan fingerprint density at radius 2 is 1.56 bits per heavy atom. The molecule has 0 aliphatic heterocycles. The lowest BCUT2D eigenvalue weighted by Gasteiger charge is -2.00. The van der Waals surface area contributed by atoms with E-state index in [2.05, 4.69) is 4.74 Å². The van der Waals surface area contributed by atoms with Crippen molar-refractivity contribution in [2.45, 2.75) is 13.8 Å². The van der Waals surface area contributed by atoms with Crippen molar-refractivity contribution in [1.29, 1.82) is 0 Å². The van der Waals surface area contributed by atoms with E-state index in [1.165, 1.54) is 7.11 Å². The third-order valence-corrected chi connectivity index (χ3v) is 2.01. The molecule has 0 saturated heterocycles. The summed E-state index contributed by atoms with van der Waals surface area (Å²) in [5, 5.41) is 0. The predicted molar refractivity (Wildman–Crippen MR) is 61.5 cm³/mol. The molecule has 0 unspecified atom stereocenters. The van der Waals surface area contributed by atoms with Crippen LogP contribution in [-0.4, -0.2) is 18.9 Å². The Morgan fingerprint density at radius 1 is 1.06 bits per heavy atom. The lowest BCUT2D eigenvalue weighted by Crippen LogP contribution is -2.02. The first-order valence-corrected chi connectivity index (χ1v) is 4.92. The van der Waals surface area contributed by atoms with Gasteiger partial charge in [0, 0.05) is 5.56 Å². The number of ketones is 1. The van der Waals surface area contributed by atoms with Gasteiger partial charge in [0.25, 0.3) is 0 Å². The Labute approximate surface area is 94.7 Å². The Balaban J connectivity index is 2.91. The number of esters is 1. The lowest BCUT2D eigenvalue weighted by molar-refractivity contribution is 0.0600. The van der Waals surface area contributed by atoms with E-state index in [1.807, 2.05) is 13.8 Å². The normalized spacial score (nSPS) is 9.44. The maximum absolute atomic E-state index is 11.6. The van der Waals surface area contributed by atoms with Crippen LogP contribution < -0.4 is 0 Å². The predicted octanol–water partition coefficient (Wildman–Crippen LogP) is 2.62. The van der Waals surface area contributed by atoms with Gasteiger partial charge >= 0.3 is 5.97 Å². The summed E-state index contributed by atoms with van der Waals surface area (Å²) in [4.78, 5) is 22.8. The fourth-order valence-corrected chi connectivity index (χ4v) is 1.23. The van der Waals surface area contributed by atoms with Crippen molar-refractivity contribution in [2.24, 2.45) is 0 Å². The Kier molecular flexibility index (Phi) is 4.00. The van der Waals surface area contributed by atoms with E-state index in [9.17, 15) is 9.59 Å². The molecule has 0 aliphatic carbocycles. The molecule has 3 nitrogen and oxygen atoms in total. The summed E-state index contributed by atoms with van der Waals surface area (Å²) < 4.78 is 4.57. The number of hydrogen-bond acceptors (Lipinski definition) is 3. The zero-order valence-corrected chi connectivity index (χ0v) is 9.61. The van der Waals surface area contributed by atoms with Crippen LogP contribution in [0.3, 0.4) is 0 Å². The largest absolute Gasteiger partial charge is 0.465 e. The molecule has 0 saturated carbocycles. The van der Waals surface area contributed by atoms with Crippen LogP contribution in [0.1, 0.15) is 34.6 Å². The molecule has 1 aromatic rings. The van der Waals surface area contributed by atoms with Gasteiger partial charge in [0.1, 0.15) is 0 Å². The minimum atomic E-state index is -0.402. The summed E-state index contributed by atoms with van der Waals surface area (Å²) in [6.07, 6.45) is 1.56. The van der Waals surface area contributed by atoms with Crippen LogP contribution in [0, 0.1) is 0 Å². The Morgan fingerprint density at radius 3 is 2.00 bits per heavy atom. The van der Waals surface area contributed by atoms with Crippen molar-refractivity contribution in [3.63, 3.8) is 0 Å². The van der Waals surface area contributed by atoms with Crippen LogP contribution >= 0.6 is 0 Å². The molecular weight excluding hydrogens is 204 g/mol. The van der Waals surface area contributed by atoms with Crippen molar-refractivity contribution < 1.29 is 14.3 Å². The van der Waals surface area contributed by atoms with Gasteiger partial charge in [-0.1, -0.05) is 17.7 Å². The molecule has 0 amide bonds. The molecule has 1 rings (SSSR count). The van der Waals surface area contributed by atoms with Gasteiger partial charge in [-0.15, -0.1) is 0 Å². The van der Waals surface area contributed by atoms with E-state index in [0.29, 0.717) is 11.1 Å². The van der Waals surface area contributed by atoms with Crippen LogP contribution in [0.4, 0.5) is 0 Å². The average molecular weight is 218 g/mol. The molecule has 3 heteroatoms. The molecule has 84 valence electrons. The number of hydrogen-bond donors (Lipinski definition) is 0. The molecular formula is C13H14O3. The number of methoxy groups -OCH3 is 1. The van der Waals surface area contributed by atoms with E-state index in [0.717, 1.165) is 5.57 Å². The van der Waals surface area contributed by atoms with Crippen molar-refractivity contribution in [3.8, 4) is 0 Å². The molecule has 0 radical (unpaired) electrons. The van der Waals surface area contributed by atoms with Gasteiger partial charge in [0.2, 0.25) is 0 Å². The van der Waals surface area contributed by atoms with Crippen LogP contribution in [0.5, 0.6) is 0 Å². The highest BCUT2D eigenvalue weighted by molar-refractivity contribution is 6.05. The van der Waals surface area contributed by atoms with Gasteiger partial charge in [-0.05, 0) is 32.1 Å². The van der Waals surface area contributed by atoms with Crippen LogP contribution in [0.15, 0.2) is 35.9 Å². The van der Waals surface area contributed by atoms with Gasteiger partial charge < -0.3 is 4.74 Å². The lowest BCUT2D eigenvalue weighted by atomic mass is 10.1. The fraction of sp³-hybridized carbons (Fsp3) is 0.231. The van der Waals surface area contributed by atoms with Crippen molar-refractivity contribution >= 4 is 11.8 Å². The van der Waals surface area contributed by atoms with Crippen molar-refractivity contribution in [1.82, 2.24) is 0 Å². The summed E-state index contributed by atoms with van der Waals surface area (Å²) >= 11 is 0. The highest BCUT2D eigenvalue weighted by Gasteiger charge is 2.06. The smallest absolute Gasteiger partial charge is 0.337 e. The maximum Gasteiger partial charge on any atom is 0.337 e. The standard InChI is InChI=1S/C13H14O3/c1-9(2)8-12(14)10-4-6-11(7-5-10)13(15)16-3/h4-8H,1-3H3. The first-order valence-electron chi connectivity index (χ1n) is 4.92. The molecule has 0 aromatic heterocycles. The highest BCUT2D eigenvalue weighted by atomic mass is 16.5. The molecule has 0 heterocycles. The molecule has 0 atom stereocenters. The van der Waals surface area contributed by atoms with E-state index in [4.69, 9.17) is 0 Å². The quantitative estimate of drug-likeness (QED) is 0.445. The Bertz CT molecular complexity index is 423. The third-order valence-electron chi connectivity index (χ3n) is 2.01. The molecule has 1 aromatic carbocycles. The molecule has 0 fully saturated rings. The second-order valence-electron chi connectivity index (χ2n) is 3.65. The van der Waals surface area contributed by atoms with Gasteiger partial charge in [-0.25, -0.2) is 4.79 Å². The minimum Gasteiger partial charge on any atom is -0.465 e. The second kappa shape index (κ2) is 5.26. The fourth-order valence-electron chi connectivity index (χ4n) is 1.23. The molecule has 0 aliphatic rings. The number of carbonyl (C=O) groups is 2. The highest BCUT2D eigenvalue weighted by Crippen LogP contribution is 2.08. The summed E-state index contributed by atoms with van der Waals surface area (Å²) in [5.41, 5.74) is 1.95. The summed E-state index contributed by atoms with van der Waals surface area (Å²) in [6.45, 7) is 3.72. The molecule has 0 bridgehead atoms. The van der Waals surface area contributed by atoms with Gasteiger partial charge in [0.05, 0.1) is 12.7 Å². The van der Waals surface area contributed by atoms with Crippen molar-refractivity contribution in [3.05, 3.63) is 47.0 Å². The van der Waals surface area contributed by atoms with E-state index in [-0.39, 0.29) is 5.78 Å². The van der Waals surface area contributed by atoms with Crippen LogP contribution in [0.2, 0.25) is 0 Å². The number of ether oxygens (including phenoxy) is 1. The summed E-state index contributed by atoms with van der Waals surface area (Å²) in [6, 6.07) is 6.40. The topological polar surface area (TPSA) is 43.4 Å². The molecule has 16 heavy (non-hydrogen) atoms. The van der Waals surface area contributed by atoms with Gasteiger partial charge in [0.15, 0.2) is 5.78 Å². The number of benzene rings is 1. The van der Waals surface area contributed by atoms with Crippen molar-refractivity contribution in [2.75, 3.05) is 7.11 Å². The number of rotatable bonds is 3. The van der Waals surface area contributed by atoms with Crippen LogP contribution in [0.25, 0.3) is 0 Å². The third kappa shape index (κ3) is 3.05. The van der Waals surface area contributed by atoms with Gasteiger partial charge in [-0.2, -0.15) is 0 Å². The maximum atomic E-state index is 11.6. The van der Waals surface area contributed by atoms with E-state index < -0.39 is 5.97 Å². The first kappa shape index (κ1) is 12.2. The number of carbonyl (C=O) groups excluding carboxylic acids is 2. The zero-order chi connectivity index (χ0) is 12.1. The average Bonchev–Trinajstić information content (AvgIpc) is 2.27. The molecule has 0 spiro atoms. The zero-order valence-electron chi connectivity index (χ0n) is 9.61. The minimum absolute atomic E-state index is 0.0589. The first-order chi connectivity index (χ1) is 7.54. The molecule has 0 N–H and O–H groups in total. The SMILES string of the molecule is COC(=O)c1ccc(C(=O)C=C(C)C)cc1. The monoisotopic (exact) mass is 218 g/mol. The summed E-state index contributed by atoms with van der Waals surface area (Å²) in [5.74, 6) is -0.461. The Hall–Kier alpha value is -1.90. The van der Waals surface area contributed by atoms with E-state index in [1.54, 1.807) is 30.3 Å². The second-order valence-corrected chi connectivity index (χ2v) is 3.65.